The van der Waals surface area contributed by atoms with Gasteiger partial charge in [0.15, 0.2) is 0 Å². The number of aromatic nitrogens is 1. The fraction of sp³-hybridized carbons (Fsp3) is 0.211. The van der Waals surface area contributed by atoms with E-state index in [9.17, 15) is 27.5 Å². The van der Waals surface area contributed by atoms with Crippen molar-refractivity contribution in [3.63, 3.8) is 0 Å². The van der Waals surface area contributed by atoms with Crippen LogP contribution in [0.25, 0.3) is 22.2 Å². The minimum atomic E-state index is -4.79. The summed E-state index contributed by atoms with van der Waals surface area (Å²) >= 11 is 0.285. The van der Waals surface area contributed by atoms with Gasteiger partial charge in [-0.1, -0.05) is 24.3 Å². The molecule has 0 aliphatic carbocycles. The lowest BCUT2D eigenvalue weighted by Crippen LogP contribution is -2.08. The van der Waals surface area contributed by atoms with E-state index < -0.39 is 28.5 Å². The van der Waals surface area contributed by atoms with Gasteiger partial charge in [-0.05, 0) is 31.5 Å². The molecule has 2 N–H and O–H groups in total. The highest BCUT2D eigenvalue weighted by molar-refractivity contribution is 7.64. The molecule has 0 aliphatic rings. The van der Waals surface area contributed by atoms with Gasteiger partial charge in [-0.15, -0.1) is 0 Å². The molecular weight excluding hydrogens is 409 g/mol. The van der Waals surface area contributed by atoms with E-state index >= 15 is 0 Å². The molecule has 0 radical (unpaired) electrons. The van der Waals surface area contributed by atoms with E-state index in [1.807, 2.05) is 31.2 Å². The summed E-state index contributed by atoms with van der Waals surface area (Å²) in [4.78, 5) is 12.8. The first-order valence-electron chi connectivity index (χ1n) is 8.29. The summed E-state index contributed by atoms with van der Waals surface area (Å²) in [6.45, 7) is 3.41. The molecule has 1 unspecified atom stereocenters. The summed E-state index contributed by atoms with van der Waals surface area (Å²) in [7, 11) is 0. The molecule has 0 aliphatic heterocycles. The number of benzene rings is 2. The summed E-state index contributed by atoms with van der Waals surface area (Å²) < 4.78 is 48.5. The number of alkyl halides is 3. The van der Waals surface area contributed by atoms with Gasteiger partial charge in [0, 0.05) is 33.6 Å². The number of nitro groups is 1. The topological polar surface area (TPSA) is 96.2 Å². The zero-order valence-corrected chi connectivity index (χ0v) is 16.2. The molecule has 154 valence electrons. The summed E-state index contributed by atoms with van der Waals surface area (Å²) in [5, 5.41) is 20.8. The van der Waals surface area contributed by atoms with Crippen molar-refractivity contribution in [3.8, 4) is 11.3 Å². The molecule has 2 aromatic carbocycles. The van der Waals surface area contributed by atoms with Crippen LogP contribution in [0.1, 0.15) is 18.1 Å². The zero-order chi connectivity index (χ0) is 21.8. The third-order valence-electron chi connectivity index (χ3n) is 3.93. The first-order chi connectivity index (χ1) is 13.5. The molecule has 0 bridgehead atoms. The monoisotopic (exact) mass is 426 g/mol. The van der Waals surface area contributed by atoms with Gasteiger partial charge < -0.3 is 10.1 Å². The van der Waals surface area contributed by atoms with Gasteiger partial charge in [-0.25, -0.2) is 4.21 Å². The molecule has 0 saturated heterocycles. The molecular formula is C19H17F3N2O4S. The zero-order valence-electron chi connectivity index (χ0n) is 15.4. The lowest BCUT2D eigenvalue weighted by atomic mass is 10.1. The minimum absolute atomic E-state index is 0.209. The quantitative estimate of drug-likeness (QED) is 0.367. The Morgan fingerprint density at radius 2 is 1.90 bits per heavy atom. The van der Waals surface area contributed by atoms with Crippen molar-refractivity contribution in [2.75, 3.05) is 0 Å². The predicted octanol–water partition coefficient (Wildman–Crippen LogP) is 4.45. The second-order valence-corrected chi connectivity index (χ2v) is 6.65. The van der Waals surface area contributed by atoms with Crippen molar-refractivity contribution in [2.24, 2.45) is 0 Å². The van der Waals surface area contributed by atoms with E-state index in [4.69, 9.17) is 5.11 Å². The number of aromatic amines is 1. The van der Waals surface area contributed by atoms with E-state index in [0.29, 0.717) is 11.1 Å². The Morgan fingerprint density at radius 1 is 1.24 bits per heavy atom. The van der Waals surface area contributed by atoms with Gasteiger partial charge >= 0.3 is 6.18 Å². The van der Waals surface area contributed by atoms with Crippen LogP contribution in [0.2, 0.25) is 0 Å². The van der Waals surface area contributed by atoms with E-state index in [1.165, 1.54) is 12.3 Å². The molecule has 6 nitrogen and oxygen atoms in total. The number of halogens is 3. The van der Waals surface area contributed by atoms with E-state index in [0.717, 1.165) is 23.3 Å². The highest BCUT2D eigenvalue weighted by Gasteiger charge is 2.38. The molecule has 10 heteroatoms. The molecule has 0 spiro atoms. The first kappa shape index (κ1) is 22.3. The van der Waals surface area contributed by atoms with Crippen molar-refractivity contribution >= 4 is 33.2 Å². The van der Waals surface area contributed by atoms with Crippen molar-refractivity contribution < 1.29 is 27.4 Å². The second kappa shape index (κ2) is 9.01. The number of nitrogens with one attached hydrogen (secondary N) is 1. The number of hydrogen-bond acceptors (Lipinski definition) is 4. The number of aryl methyl sites for hydroxylation is 1. The number of rotatable bonds is 3. The van der Waals surface area contributed by atoms with Crippen LogP contribution in [0, 0.1) is 17.0 Å². The van der Waals surface area contributed by atoms with Crippen LogP contribution in [-0.2, 0) is 17.4 Å². The number of aliphatic hydroxyl groups excluding tert-OH is 1. The first-order valence-corrected chi connectivity index (χ1v) is 9.09. The van der Waals surface area contributed by atoms with Crippen LogP contribution in [0.4, 0.5) is 18.9 Å². The van der Waals surface area contributed by atoms with Gasteiger partial charge in [-0.2, -0.15) is 13.2 Å². The van der Waals surface area contributed by atoms with Crippen LogP contribution >= 0.6 is 0 Å². The molecule has 1 atom stereocenters. The normalized spacial score (nSPS) is 12.1. The number of H-pyrrole nitrogens is 1. The number of fused-ring (bicyclic) bond motifs is 1. The Labute approximate surface area is 167 Å². The van der Waals surface area contributed by atoms with Gasteiger partial charge in [-0.3, -0.25) is 10.1 Å². The van der Waals surface area contributed by atoms with Crippen molar-refractivity contribution in [1.82, 2.24) is 4.98 Å². The van der Waals surface area contributed by atoms with E-state index in [1.54, 1.807) is 6.07 Å². The fourth-order valence-electron chi connectivity index (χ4n) is 2.65. The summed E-state index contributed by atoms with van der Waals surface area (Å²) in [5.41, 5.74) is 0.408. The number of hydrogen-bond donors (Lipinski definition) is 2. The Hall–Kier alpha value is -2.98. The molecule has 1 aromatic heterocycles. The van der Waals surface area contributed by atoms with E-state index in [-0.39, 0.29) is 16.8 Å². The van der Waals surface area contributed by atoms with Crippen LogP contribution in [0.3, 0.4) is 0 Å². The minimum Gasteiger partial charge on any atom is -0.388 e. The van der Waals surface area contributed by atoms with E-state index in [2.05, 4.69) is 4.98 Å². The maximum absolute atomic E-state index is 13.0. The lowest BCUT2D eigenvalue weighted by Gasteiger charge is -2.07. The highest BCUT2D eigenvalue weighted by Crippen LogP contribution is 2.39. The Balaban J connectivity index is 0.000000438. The fourth-order valence-corrected chi connectivity index (χ4v) is 2.81. The maximum Gasteiger partial charge on any atom is 0.423 e. The highest BCUT2D eigenvalue weighted by atomic mass is 32.1. The molecule has 0 fully saturated rings. The van der Waals surface area contributed by atoms with Crippen LogP contribution in [-0.4, -0.2) is 30.7 Å². The predicted molar refractivity (Wildman–Crippen MR) is 106 cm³/mol. The summed E-state index contributed by atoms with van der Waals surface area (Å²) in [6, 6.07) is 10.7. The standard InChI is InChI=1S/C16H11F3N2O2.C3H6O2S/c1-9-4-2-3-5-11(9)14-6-10-7-15(21(22)23)12(16(17,18)19)8-13(10)20-14;1-3(4)2-6-5/h2-8,20H,1H3;2-4H,1H3. The van der Waals surface area contributed by atoms with Crippen molar-refractivity contribution in [3.05, 3.63) is 63.7 Å². The average molecular weight is 426 g/mol. The number of nitro benzene ring substituents is 1. The molecule has 3 rings (SSSR count). The van der Waals surface area contributed by atoms with Gasteiger partial charge in [0.25, 0.3) is 5.69 Å². The smallest absolute Gasteiger partial charge is 0.388 e. The third-order valence-corrected chi connectivity index (χ3v) is 4.43. The SMILES string of the molecule is CC(O)C=S=O.Cc1ccccc1-c1cc2cc([N+](=O)[O-])c(C(F)(F)F)cc2[nH]1. The van der Waals surface area contributed by atoms with Crippen LogP contribution < -0.4 is 0 Å². The van der Waals surface area contributed by atoms with Crippen LogP contribution in [0.5, 0.6) is 0 Å². The Morgan fingerprint density at radius 3 is 2.38 bits per heavy atom. The molecule has 29 heavy (non-hydrogen) atoms. The van der Waals surface area contributed by atoms with Crippen molar-refractivity contribution in [1.29, 1.82) is 0 Å². The summed E-state index contributed by atoms with van der Waals surface area (Å²) in [5.74, 6) is 0. The number of aliphatic hydroxyl groups is 1. The Kier molecular flexibility index (Phi) is 6.93. The summed E-state index contributed by atoms with van der Waals surface area (Å²) in [6.07, 6.45) is -5.36. The van der Waals surface area contributed by atoms with Gasteiger partial charge in [0.1, 0.15) is 5.56 Å². The Bertz CT molecular complexity index is 1090. The largest absolute Gasteiger partial charge is 0.423 e. The third kappa shape index (κ3) is 5.52. The average Bonchev–Trinajstić information content (AvgIpc) is 3.03. The van der Waals surface area contributed by atoms with Crippen LogP contribution in [0.15, 0.2) is 42.5 Å². The van der Waals surface area contributed by atoms with Gasteiger partial charge in [0.05, 0.1) is 22.3 Å². The molecule has 1 heterocycles. The second-order valence-electron chi connectivity index (χ2n) is 6.18. The molecule has 0 saturated carbocycles. The molecule has 0 amide bonds. The van der Waals surface area contributed by atoms with Crippen molar-refractivity contribution in [2.45, 2.75) is 26.1 Å². The lowest BCUT2D eigenvalue weighted by molar-refractivity contribution is -0.387. The number of nitrogens with zero attached hydrogens (tertiary/aromatic N) is 1. The maximum atomic E-state index is 13.0. The molecule has 3 aromatic rings. The van der Waals surface area contributed by atoms with Gasteiger partial charge in [0.2, 0.25) is 0 Å².